The summed E-state index contributed by atoms with van der Waals surface area (Å²) in [7, 11) is 1.61. The summed E-state index contributed by atoms with van der Waals surface area (Å²) in [5.41, 5.74) is 6.80. The van der Waals surface area contributed by atoms with E-state index < -0.39 is 23.8 Å². The molecule has 1 aromatic carbocycles. The molecule has 3 atom stereocenters. The average Bonchev–Trinajstić information content (AvgIpc) is 2.80. The fourth-order valence-corrected chi connectivity index (χ4v) is 4.32. The van der Waals surface area contributed by atoms with Gasteiger partial charge < -0.3 is 25.8 Å². The Balaban J connectivity index is 3.02. The molecule has 0 radical (unpaired) electrons. The second-order valence-electron chi connectivity index (χ2n) is 9.60. The van der Waals surface area contributed by atoms with Gasteiger partial charge in [0.1, 0.15) is 5.75 Å². The number of primary amides is 1. The maximum Gasteiger partial charge on any atom is 0.222 e. The summed E-state index contributed by atoms with van der Waals surface area (Å²) < 4.78 is 5.34. The van der Waals surface area contributed by atoms with Crippen LogP contribution in [0.1, 0.15) is 65.4 Å². The van der Waals surface area contributed by atoms with Crippen LogP contribution in [0.25, 0.3) is 0 Å². The molecule has 194 valence electrons. The predicted octanol–water partition coefficient (Wildman–Crippen LogP) is 3.38. The third-order valence-corrected chi connectivity index (χ3v) is 6.24. The second-order valence-corrected chi connectivity index (χ2v) is 9.60. The number of benzene rings is 1. The molecule has 1 rings (SSSR count). The molecule has 0 aliphatic rings. The van der Waals surface area contributed by atoms with Gasteiger partial charge in [0.15, 0.2) is 0 Å². The van der Waals surface area contributed by atoms with Crippen LogP contribution >= 0.6 is 0 Å². The van der Waals surface area contributed by atoms with Crippen LogP contribution in [0.5, 0.6) is 5.75 Å². The molecule has 7 nitrogen and oxygen atoms in total. The number of nitrogens with one attached hydrogen (secondary N) is 1. The number of methoxy groups -OCH3 is 1. The van der Waals surface area contributed by atoms with Gasteiger partial charge in [-0.25, -0.2) is 0 Å². The third kappa shape index (κ3) is 10.9. The molecule has 0 bridgehead atoms. The first-order valence-corrected chi connectivity index (χ1v) is 12.8. The molecule has 0 saturated heterocycles. The van der Waals surface area contributed by atoms with Gasteiger partial charge in [0.25, 0.3) is 0 Å². The van der Waals surface area contributed by atoms with Crippen molar-refractivity contribution in [3.05, 3.63) is 29.8 Å². The Morgan fingerprint density at radius 1 is 1.15 bits per heavy atom. The summed E-state index contributed by atoms with van der Waals surface area (Å²) in [5, 5.41) is 14.4. The SMILES string of the molecule is CCCN(CCC)C(=O)CCC(C(N)=O)[C@H](Cc1cccc(OC)c1)[C@@H](O)CNCCC(C)C. The topological polar surface area (TPSA) is 105 Å². The van der Waals surface area contributed by atoms with Crippen molar-refractivity contribution in [1.82, 2.24) is 10.2 Å². The highest BCUT2D eigenvalue weighted by Crippen LogP contribution is 2.27. The second kappa shape index (κ2) is 16.5. The molecule has 0 aliphatic heterocycles. The summed E-state index contributed by atoms with van der Waals surface area (Å²) in [4.78, 5) is 27.3. The van der Waals surface area contributed by atoms with E-state index in [2.05, 4.69) is 33.0 Å². The van der Waals surface area contributed by atoms with E-state index in [4.69, 9.17) is 10.5 Å². The number of aliphatic hydroxyl groups excluding tert-OH is 1. The highest BCUT2D eigenvalue weighted by Gasteiger charge is 2.33. The lowest BCUT2D eigenvalue weighted by molar-refractivity contribution is -0.132. The lowest BCUT2D eigenvalue weighted by atomic mass is 9.79. The molecule has 4 N–H and O–H groups in total. The number of amides is 2. The van der Waals surface area contributed by atoms with E-state index in [1.54, 1.807) is 7.11 Å². The van der Waals surface area contributed by atoms with Crippen LogP contribution < -0.4 is 15.8 Å². The number of ether oxygens (including phenoxy) is 1. The van der Waals surface area contributed by atoms with Crippen LogP contribution in [0.4, 0.5) is 0 Å². The van der Waals surface area contributed by atoms with Crippen molar-refractivity contribution in [3.8, 4) is 5.75 Å². The van der Waals surface area contributed by atoms with Crippen LogP contribution in [0, 0.1) is 17.8 Å². The quantitative estimate of drug-likeness (QED) is 0.281. The fourth-order valence-electron chi connectivity index (χ4n) is 4.32. The highest BCUT2D eigenvalue weighted by molar-refractivity contribution is 5.80. The van der Waals surface area contributed by atoms with Crippen LogP contribution in [-0.4, -0.2) is 61.2 Å². The van der Waals surface area contributed by atoms with Gasteiger partial charge in [-0.15, -0.1) is 0 Å². The van der Waals surface area contributed by atoms with Crippen LogP contribution in [-0.2, 0) is 16.0 Å². The monoisotopic (exact) mass is 477 g/mol. The third-order valence-electron chi connectivity index (χ3n) is 6.24. The van der Waals surface area contributed by atoms with E-state index >= 15 is 0 Å². The molecule has 7 heteroatoms. The number of nitrogens with zero attached hydrogens (tertiary/aromatic N) is 1. The molecule has 0 fully saturated rings. The van der Waals surface area contributed by atoms with Gasteiger partial charge in [0, 0.05) is 37.9 Å². The van der Waals surface area contributed by atoms with Crippen molar-refractivity contribution in [3.63, 3.8) is 0 Å². The van der Waals surface area contributed by atoms with E-state index in [1.165, 1.54) is 0 Å². The molecule has 0 saturated carbocycles. The largest absolute Gasteiger partial charge is 0.497 e. The number of hydrogen-bond acceptors (Lipinski definition) is 5. The summed E-state index contributed by atoms with van der Waals surface area (Å²) in [6.45, 7) is 11.0. The van der Waals surface area contributed by atoms with Crippen LogP contribution in [0.2, 0.25) is 0 Å². The van der Waals surface area contributed by atoms with Gasteiger partial charge in [-0.1, -0.05) is 39.8 Å². The Morgan fingerprint density at radius 3 is 2.38 bits per heavy atom. The van der Waals surface area contributed by atoms with Crippen LogP contribution in [0.15, 0.2) is 24.3 Å². The smallest absolute Gasteiger partial charge is 0.222 e. The van der Waals surface area contributed by atoms with E-state index in [-0.39, 0.29) is 12.3 Å². The normalized spacial score (nSPS) is 14.0. The van der Waals surface area contributed by atoms with Crippen molar-refractivity contribution < 1.29 is 19.4 Å². The van der Waals surface area contributed by atoms with Crippen molar-refractivity contribution in [2.75, 3.05) is 33.3 Å². The Kier molecular flexibility index (Phi) is 14.5. The average molecular weight is 478 g/mol. The van der Waals surface area contributed by atoms with E-state index in [1.807, 2.05) is 29.2 Å². The lowest BCUT2D eigenvalue weighted by Gasteiger charge is -2.30. The van der Waals surface area contributed by atoms with Gasteiger partial charge >= 0.3 is 0 Å². The zero-order chi connectivity index (χ0) is 25.5. The highest BCUT2D eigenvalue weighted by atomic mass is 16.5. The molecular formula is C27H47N3O4. The predicted molar refractivity (Wildman–Crippen MR) is 138 cm³/mol. The summed E-state index contributed by atoms with van der Waals surface area (Å²) in [6.07, 6.45) is 3.07. The molecule has 2 amide bonds. The molecule has 0 aliphatic carbocycles. The number of rotatable bonds is 18. The van der Waals surface area contributed by atoms with E-state index in [0.29, 0.717) is 38.4 Å². The molecule has 0 heterocycles. The number of hydrogen-bond donors (Lipinski definition) is 3. The standard InChI is InChI=1S/C27H47N3O4/c1-6-15-30(16-7-2)26(32)12-11-23(27(28)33)24(25(31)19-29-14-13-20(3)4)18-21-9-8-10-22(17-21)34-5/h8-10,17,20,23-25,29,31H,6-7,11-16,18-19H2,1-5H3,(H2,28,33)/t23?,24-,25-/m0/s1. The Labute approximate surface area is 206 Å². The summed E-state index contributed by atoms with van der Waals surface area (Å²) >= 11 is 0. The van der Waals surface area contributed by atoms with Gasteiger partial charge in [0.2, 0.25) is 11.8 Å². The minimum atomic E-state index is -0.770. The zero-order valence-electron chi connectivity index (χ0n) is 21.9. The Morgan fingerprint density at radius 2 is 1.82 bits per heavy atom. The molecule has 34 heavy (non-hydrogen) atoms. The van der Waals surface area contributed by atoms with E-state index in [0.717, 1.165) is 37.1 Å². The lowest BCUT2D eigenvalue weighted by Crippen LogP contribution is -2.43. The van der Waals surface area contributed by atoms with Crippen molar-refractivity contribution in [2.45, 2.75) is 72.3 Å². The Hall–Kier alpha value is -2.12. The maximum absolute atomic E-state index is 12.8. The number of aliphatic hydroxyl groups is 1. The maximum atomic E-state index is 12.8. The van der Waals surface area contributed by atoms with Gasteiger partial charge in [0.05, 0.1) is 13.2 Å². The fraction of sp³-hybridized carbons (Fsp3) is 0.704. The first-order valence-electron chi connectivity index (χ1n) is 12.8. The minimum Gasteiger partial charge on any atom is -0.497 e. The molecule has 0 spiro atoms. The number of carbonyl (C=O) groups excluding carboxylic acids is 2. The van der Waals surface area contributed by atoms with E-state index in [9.17, 15) is 14.7 Å². The van der Waals surface area contributed by atoms with Crippen molar-refractivity contribution in [1.29, 1.82) is 0 Å². The zero-order valence-corrected chi connectivity index (χ0v) is 21.9. The molecule has 1 unspecified atom stereocenters. The van der Waals surface area contributed by atoms with Crippen molar-refractivity contribution in [2.24, 2.45) is 23.5 Å². The molecule has 1 aromatic rings. The summed E-state index contributed by atoms with van der Waals surface area (Å²) in [5.74, 6) is -0.159. The number of nitrogens with two attached hydrogens (primary N) is 1. The minimum absolute atomic E-state index is 0.0413. The first-order chi connectivity index (χ1) is 16.2. The first kappa shape index (κ1) is 29.9. The molecule has 0 aromatic heterocycles. The van der Waals surface area contributed by atoms with Gasteiger partial charge in [-0.2, -0.15) is 0 Å². The van der Waals surface area contributed by atoms with Crippen LogP contribution in [0.3, 0.4) is 0 Å². The molecular weight excluding hydrogens is 430 g/mol. The Bertz CT molecular complexity index is 720. The van der Waals surface area contributed by atoms with Crippen molar-refractivity contribution >= 4 is 11.8 Å². The van der Waals surface area contributed by atoms with Gasteiger partial charge in [-0.3, -0.25) is 9.59 Å². The van der Waals surface area contributed by atoms with Gasteiger partial charge in [-0.05, 0) is 62.3 Å². The number of carbonyl (C=O) groups is 2. The summed E-state index contributed by atoms with van der Waals surface area (Å²) in [6, 6.07) is 7.64.